The molecule has 0 aromatic carbocycles. The SMILES string of the molecule is CC1C(c2cccs2)NCCS1=O. The van der Waals surface area contributed by atoms with Gasteiger partial charge in [0.2, 0.25) is 0 Å². The molecule has 3 unspecified atom stereocenters. The molecule has 72 valence electrons. The van der Waals surface area contributed by atoms with Gasteiger partial charge in [0.05, 0.1) is 11.3 Å². The average Bonchev–Trinajstić information content (AvgIpc) is 2.62. The van der Waals surface area contributed by atoms with Crippen LogP contribution in [0.15, 0.2) is 17.5 Å². The first kappa shape index (κ1) is 9.37. The van der Waals surface area contributed by atoms with Crippen LogP contribution in [0.1, 0.15) is 17.8 Å². The molecule has 1 aliphatic rings. The fourth-order valence-corrected chi connectivity index (χ4v) is 3.85. The van der Waals surface area contributed by atoms with E-state index in [-0.39, 0.29) is 5.25 Å². The first-order chi connectivity index (χ1) is 6.29. The lowest BCUT2D eigenvalue weighted by atomic mass is 10.2. The van der Waals surface area contributed by atoms with Gasteiger partial charge in [-0.05, 0) is 18.4 Å². The third-order valence-corrected chi connectivity index (χ3v) is 5.06. The summed E-state index contributed by atoms with van der Waals surface area (Å²) in [5.41, 5.74) is 0. The van der Waals surface area contributed by atoms with Crippen LogP contribution in [0.3, 0.4) is 0 Å². The van der Waals surface area contributed by atoms with Crippen molar-refractivity contribution in [1.29, 1.82) is 0 Å². The summed E-state index contributed by atoms with van der Waals surface area (Å²) in [5, 5.41) is 5.73. The van der Waals surface area contributed by atoms with Gasteiger partial charge in [-0.25, -0.2) is 0 Å². The van der Waals surface area contributed by atoms with Crippen LogP contribution >= 0.6 is 11.3 Å². The second-order valence-corrected chi connectivity index (χ2v) is 6.13. The van der Waals surface area contributed by atoms with Gasteiger partial charge in [-0.2, -0.15) is 0 Å². The molecule has 1 fully saturated rings. The third kappa shape index (κ3) is 1.85. The Bertz CT molecular complexity index is 297. The molecular weight excluding hydrogens is 202 g/mol. The average molecular weight is 215 g/mol. The van der Waals surface area contributed by atoms with Crippen molar-refractivity contribution in [2.45, 2.75) is 18.2 Å². The maximum Gasteiger partial charge on any atom is 0.0557 e. The fourth-order valence-electron chi connectivity index (χ4n) is 1.62. The largest absolute Gasteiger partial charge is 0.307 e. The van der Waals surface area contributed by atoms with Gasteiger partial charge in [0.1, 0.15) is 0 Å². The van der Waals surface area contributed by atoms with Crippen molar-refractivity contribution in [2.75, 3.05) is 12.3 Å². The molecule has 2 nitrogen and oxygen atoms in total. The molecular formula is C9H13NOS2. The van der Waals surface area contributed by atoms with Gasteiger partial charge in [-0.3, -0.25) is 4.21 Å². The second kappa shape index (κ2) is 3.90. The number of hydrogen-bond donors (Lipinski definition) is 1. The number of hydrogen-bond acceptors (Lipinski definition) is 3. The molecule has 3 atom stereocenters. The summed E-state index contributed by atoms with van der Waals surface area (Å²) >= 11 is 1.74. The van der Waals surface area contributed by atoms with Crippen LogP contribution in [-0.4, -0.2) is 21.8 Å². The summed E-state index contributed by atoms with van der Waals surface area (Å²) in [6.07, 6.45) is 0. The Morgan fingerprint density at radius 3 is 3.23 bits per heavy atom. The maximum absolute atomic E-state index is 11.6. The highest BCUT2D eigenvalue weighted by atomic mass is 32.2. The predicted molar refractivity (Wildman–Crippen MR) is 57.5 cm³/mol. The summed E-state index contributed by atoms with van der Waals surface area (Å²) in [6, 6.07) is 4.46. The van der Waals surface area contributed by atoms with Gasteiger partial charge in [-0.1, -0.05) is 6.07 Å². The van der Waals surface area contributed by atoms with Crippen LogP contribution in [0.4, 0.5) is 0 Å². The highest BCUT2D eigenvalue weighted by molar-refractivity contribution is 7.85. The Labute approximate surface area is 84.8 Å². The van der Waals surface area contributed by atoms with Crippen LogP contribution in [-0.2, 0) is 10.8 Å². The molecule has 0 amide bonds. The summed E-state index contributed by atoms with van der Waals surface area (Å²) in [6.45, 7) is 2.94. The third-order valence-electron chi connectivity index (χ3n) is 2.40. The van der Waals surface area contributed by atoms with Crippen molar-refractivity contribution in [3.63, 3.8) is 0 Å². The summed E-state index contributed by atoms with van der Waals surface area (Å²) in [7, 11) is -0.655. The molecule has 0 saturated carbocycles. The minimum atomic E-state index is -0.655. The first-order valence-corrected chi connectivity index (χ1v) is 6.69. The molecule has 0 aliphatic carbocycles. The van der Waals surface area contributed by atoms with E-state index in [1.807, 2.05) is 6.07 Å². The van der Waals surface area contributed by atoms with E-state index in [1.54, 1.807) is 11.3 Å². The van der Waals surface area contributed by atoms with Gasteiger partial charge in [-0.15, -0.1) is 11.3 Å². The highest BCUT2D eigenvalue weighted by Crippen LogP contribution is 2.26. The molecule has 0 bridgehead atoms. The molecule has 4 heteroatoms. The lowest BCUT2D eigenvalue weighted by molar-refractivity contribution is 0.521. The minimum absolute atomic E-state index is 0.243. The van der Waals surface area contributed by atoms with Crippen molar-refractivity contribution in [2.24, 2.45) is 0 Å². The Balaban J connectivity index is 2.19. The number of rotatable bonds is 1. The van der Waals surface area contributed by atoms with E-state index in [2.05, 4.69) is 23.7 Å². The van der Waals surface area contributed by atoms with Crippen LogP contribution in [0.2, 0.25) is 0 Å². The summed E-state index contributed by atoms with van der Waals surface area (Å²) < 4.78 is 11.6. The van der Waals surface area contributed by atoms with E-state index in [1.165, 1.54) is 4.88 Å². The van der Waals surface area contributed by atoms with Gasteiger partial charge < -0.3 is 5.32 Å². The standard InChI is InChI=1S/C9H13NOS2/c1-7-9(8-3-2-5-12-8)10-4-6-13(7)11/h2-3,5,7,9-10H,4,6H2,1H3. The zero-order valence-corrected chi connectivity index (χ0v) is 9.16. The van der Waals surface area contributed by atoms with Gasteiger partial charge in [0.25, 0.3) is 0 Å². The topological polar surface area (TPSA) is 29.1 Å². The predicted octanol–water partition coefficient (Wildman–Crippen LogP) is 1.53. The van der Waals surface area contributed by atoms with E-state index >= 15 is 0 Å². The van der Waals surface area contributed by atoms with Crippen LogP contribution < -0.4 is 5.32 Å². The van der Waals surface area contributed by atoms with Crippen molar-refractivity contribution in [1.82, 2.24) is 5.32 Å². The molecule has 1 aromatic heterocycles. The highest BCUT2D eigenvalue weighted by Gasteiger charge is 2.28. The van der Waals surface area contributed by atoms with Crippen LogP contribution in [0.25, 0.3) is 0 Å². The van der Waals surface area contributed by atoms with E-state index in [4.69, 9.17) is 0 Å². The molecule has 1 aromatic rings. The zero-order valence-electron chi connectivity index (χ0n) is 7.53. The molecule has 0 spiro atoms. The van der Waals surface area contributed by atoms with Crippen molar-refractivity contribution in [3.8, 4) is 0 Å². The van der Waals surface area contributed by atoms with Crippen molar-refractivity contribution >= 4 is 22.1 Å². The summed E-state index contributed by atoms with van der Waals surface area (Å²) in [5.74, 6) is 0.795. The van der Waals surface area contributed by atoms with Gasteiger partial charge >= 0.3 is 0 Å². The maximum atomic E-state index is 11.6. The smallest absolute Gasteiger partial charge is 0.0557 e. The molecule has 13 heavy (non-hydrogen) atoms. The Morgan fingerprint density at radius 2 is 2.54 bits per heavy atom. The van der Waals surface area contributed by atoms with Crippen LogP contribution in [0.5, 0.6) is 0 Å². The monoisotopic (exact) mass is 215 g/mol. The zero-order chi connectivity index (χ0) is 9.26. The number of nitrogens with one attached hydrogen (secondary N) is 1. The summed E-state index contributed by atoms with van der Waals surface area (Å²) in [4.78, 5) is 1.31. The fraction of sp³-hybridized carbons (Fsp3) is 0.556. The van der Waals surface area contributed by atoms with Crippen LogP contribution in [0, 0.1) is 0 Å². The second-order valence-electron chi connectivity index (χ2n) is 3.24. The lowest BCUT2D eigenvalue weighted by Crippen LogP contribution is -2.41. The van der Waals surface area contributed by atoms with E-state index in [9.17, 15) is 4.21 Å². The molecule has 2 heterocycles. The van der Waals surface area contributed by atoms with Crippen molar-refractivity contribution in [3.05, 3.63) is 22.4 Å². The number of thiophene rings is 1. The molecule has 0 radical (unpaired) electrons. The van der Waals surface area contributed by atoms with E-state index in [0.717, 1.165) is 12.3 Å². The first-order valence-electron chi connectivity index (χ1n) is 4.43. The lowest BCUT2D eigenvalue weighted by Gasteiger charge is -2.28. The van der Waals surface area contributed by atoms with E-state index < -0.39 is 10.8 Å². The van der Waals surface area contributed by atoms with Gasteiger partial charge in [0, 0.05) is 28.0 Å². The van der Waals surface area contributed by atoms with Crippen molar-refractivity contribution < 1.29 is 4.21 Å². The molecule has 1 aliphatic heterocycles. The Morgan fingerprint density at radius 1 is 1.69 bits per heavy atom. The molecule has 1 N–H and O–H groups in total. The molecule has 2 rings (SSSR count). The normalized spacial score (nSPS) is 34.7. The van der Waals surface area contributed by atoms with Gasteiger partial charge in [0.15, 0.2) is 0 Å². The quantitative estimate of drug-likeness (QED) is 0.770. The van der Waals surface area contributed by atoms with E-state index in [0.29, 0.717) is 6.04 Å². The molecule has 1 saturated heterocycles. The Kier molecular flexibility index (Phi) is 2.81. The minimum Gasteiger partial charge on any atom is -0.307 e. The Hall–Kier alpha value is -0.190.